The van der Waals surface area contributed by atoms with Crippen LogP contribution in [0.15, 0.2) is 59.3 Å². The lowest BCUT2D eigenvalue weighted by Gasteiger charge is -2.15. The highest BCUT2D eigenvalue weighted by Gasteiger charge is 2.22. The van der Waals surface area contributed by atoms with Gasteiger partial charge in [-0.3, -0.25) is 19.1 Å². The van der Waals surface area contributed by atoms with E-state index in [0.29, 0.717) is 11.4 Å². The molecule has 0 aliphatic carbocycles. The summed E-state index contributed by atoms with van der Waals surface area (Å²) < 4.78 is 16.2. The van der Waals surface area contributed by atoms with Crippen molar-refractivity contribution < 1.29 is 28.3 Å². The van der Waals surface area contributed by atoms with Crippen molar-refractivity contribution in [3.05, 3.63) is 71.9 Å². The Morgan fingerprint density at radius 2 is 1.72 bits per heavy atom. The van der Waals surface area contributed by atoms with Gasteiger partial charge in [-0.15, -0.1) is 0 Å². The minimum absolute atomic E-state index is 0.0794. The minimum Gasteiger partial charge on any atom is -0.469 e. The van der Waals surface area contributed by atoms with Gasteiger partial charge in [0.05, 0.1) is 45.0 Å². The van der Waals surface area contributed by atoms with E-state index < -0.39 is 23.9 Å². The van der Waals surface area contributed by atoms with Crippen LogP contribution in [0.3, 0.4) is 0 Å². The molecule has 0 bridgehead atoms. The van der Waals surface area contributed by atoms with E-state index >= 15 is 0 Å². The Balaban J connectivity index is 1.67. The summed E-state index contributed by atoms with van der Waals surface area (Å²) in [6.45, 7) is 0. The summed E-state index contributed by atoms with van der Waals surface area (Å²) in [5, 5.41) is 6.80. The lowest BCUT2D eigenvalue weighted by Crippen LogP contribution is -2.19. The van der Waals surface area contributed by atoms with Crippen LogP contribution in [0.25, 0.3) is 0 Å². The van der Waals surface area contributed by atoms with E-state index in [1.54, 1.807) is 6.07 Å². The fourth-order valence-electron chi connectivity index (χ4n) is 2.79. The number of carbonyl (C=O) groups is 3. The van der Waals surface area contributed by atoms with E-state index in [1.165, 1.54) is 37.4 Å². The summed E-state index contributed by atoms with van der Waals surface area (Å²) in [5.74, 6) is 4.76. The molecule has 0 aliphatic heterocycles. The third-order valence-electron chi connectivity index (χ3n) is 4.43. The van der Waals surface area contributed by atoms with Crippen molar-refractivity contribution in [2.24, 2.45) is 0 Å². The largest absolute Gasteiger partial charge is 0.469 e. The SMILES string of the molecule is COC(=O)CC(CC(=O)OC)n1cc(NC(=O)c2ccc(C#Cc3ccccc3)o2)cn1. The number of rotatable bonds is 7. The number of nitrogens with one attached hydrogen (secondary N) is 1. The maximum atomic E-state index is 12.5. The number of hydrogen-bond donors (Lipinski definition) is 1. The molecule has 0 fully saturated rings. The number of nitrogens with zero attached hydrogens (tertiary/aromatic N) is 2. The Morgan fingerprint density at radius 3 is 2.38 bits per heavy atom. The fraction of sp³-hybridized carbons (Fsp3) is 0.217. The van der Waals surface area contributed by atoms with E-state index in [9.17, 15) is 14.4 Å². The van der Waals surface area contributed by atoms with Crippen LogP contribution in [0.5, 0.6) is 0 Å². The summed E-state index contributed by atoms with van der Waals surface area (Å²) in [5.41, 5.74) is 1.19. The molecule has 3 rings (SSSR count). The summed E-state index contributed by atoms with van der Waals surface area (Å²) in [6, 6.07) is 11.9. The molecule has 1 amide bonds. The third kappa shape index (κ3) is 6.09. The molecule has 0 saturated carbocycles. The van der Waals surface area contributed by atoms with E-state index in [2.05, 4.69) is 31.7 Å². The van der Waals surface area contributed by atoms with Crippen molar-refractivity contribution in [2.45, 2.75) is 18.9 Å². The Kier molecular flexibility index (Phi) is 7.43. The molecule has 1 N–H and O–H groups in total. The lowest BCUT2D eigenvalue weighted by atomic mass is 10.1. The second kappa shape index (κ2) is 10.6. The monoisotopic (exact) mass is 435 g/mol. The first-order chi connectivity index (χ1) is 15.5. The van der Waals surface area contributed by atoms with Crippen molar-refractivity contribution in [1.82, 2.24) is 9.78 Å². The number of ether oxygens (including phenoxy) is 2. The molecule has 0 spiro atoms. The zero-order chi connectivity index (χ0) is 22.9. The maximum absolute atomic E-state index is 12.5. The number of hydrogen-bond acceptors (Lipinski definition) is 7. The number of aromatic nitrogens is 2. The van der Waals surface area contributed by atoms with Crippen LogP contribution in [-0.4, -0.2) is 41.8 Å². The van der Waals surface area contributed by atoms with Crippen molar-refractivity contribution >= 4 is 23.5 Å². The maximum Gasteiger partial charge on any atom is 0.307 e. The molecular weight excluding hydrogens is 414 g/mol. The molecule has 9 heteroatoms. The van der Waals surface area contributed by atoms with Gasteiger partial charge < -0.3 is 19.2 Å². The topological polar surface area (TPSA) is 113 Å². The van der Waals surface area contributed by atoms with Crippen molar-refractivity contribution in [1.29, 1.82) is 0 Å². The van der Waals surface area contributed by atoms with Gasteiger partial charge in [-0.2, -0.15) is 5.10 Å². The van der Waals surface area contributed by atoms with Gasteiger partial charge in [0.2, 0.25) is 0 Å². The second-order valence-electron chi connectivity index (χ2n) is 6.66. The number of carbonyl (C=O) groups excluding carboxylic acids is 3. The Morgan fingerprint density at radius 1 is 1.03 bits per heavy atom. The number of esters is 2. The number of amides is 1. The fourth-order valence-corrected chi connectivity index (χ4v) is 2.79. The zero-order valence-corrected chi connectivity index (χ0v) is 17.5. The summed E-state index contributed by atoms with van der Waals surface area (Å²) in [6.07, 6.45) is 2.75. The van der Waals surface area contributed by atoms with Gasteiger partial charge in [-0.1, -0.05) is 24.1 Å². The number of anilines is 1. The molecule has 0 radical (unpaired) electrons. The molecule has 0 aliphatic rings. The average Bonchev–Trinajstić information content (AvgIpc) is 3.47. The van der Waals surface area contributed by atoms with Gasteiger partial charge in [0.25, 0.3) is 5.91 Å². The predicted molar refractivity (Wildman–Crippen MR) is 114 cm³/mol. The first kappa shape index (κ1) is 22.4. The number of benzene rings is 1. The molecule has 2 aromatic heterocycles. The molecule has 0 atom stereocenters. The second-order valence-corrected chi connectivity index (χ2v) is 6.66. The van der Waals surface area contributed by atoms with Crippen molar-refractivity contribution in [3.63, 3.8) is 0 Å². The molecule has 32 heavy (non-hydrogen) atoms. The van der Waals surface area contributed by atoms with Crippen LogP contribution >= 0.6 is 0 Å². The van der Waals surface area contributed by atoms with E-state index in [0.717, 1.165) is 5.56 Å². The smallest absolute Gasteiger partial charge is 0.307 e. The molecule has 1 aromatic carbocycles. The normalized spacial score (nSPS) is 10.2. The van der Waals surface area contributed by atoms with Crippen molar-refractivity contribution in [3.8, 4) is 11.8 Å². The molecular formula is C23H21N3O6. The summed E-state index contributed by atoms with van der Waals surface area (Å²) in [4.78, 5) is 35.8. The first-order valence-electron chi connectivity index (χ1n) is 9.64. The van der Waals surface area contributed by atoms with Gasteiger partial charge in [-0.05, 0) is 30.2 Å². The minimum atomic E-state index is -0.621. The van der Waals surface area contributed by atoms with Gasteiger partial charge in [-0.25, -0.2) is 0 Å². The van der Waals surface area contributed by atoms with Gasteiger partial charge >= 0.3 is 11.9 Å². The standard InChI is InChI=1S/C23H21N3O6/c1-30-21(27)12-18(13-22(28)31-2)26-15-17(14-24-26)25-23(29)20-11-10-19(32-20)9-8-16-6-4-3-5-7-16/h3-7,10-11,14-15,18H,12-13H2,1-2H3,(H,25,29). The molecule has 9 nitrogen and oxygen atoms in total. The van der Waals surface area contributed by atoms with Gasteiger partial charge in [0.1, 0.15) is 0 Å². The Hall–Kier alpha value is -4.32. The molecule has 3 aromatic rings. The highest BCUT2D eigenvalue weighted by atomic mass is 16.5. The molecule has 0 saturated heterocycles. The highest BCUT2D eigenvalue weighted by molar-refractivity contribution is 6.02. The van der Waals surface area contributed by atoms with Gasteiger partial charge in [0.15, 0.2) is 11.5 Å². The molecule has 164 valence electrons. The first-order valence-corrected chi connectivity index (χ1v) is 9.64. The number of furan rings is 1. The lowest BCUT2D eigenvalue weighted by molar-refractivity contribution is -0.144. The summed E-state index contributed by atoms with van der Waals surface area (Å²) >= 11 is 0. The third-order valence-corrected chi connectivity index (χ3v) is 4.43. The van der Waals surface area contributed by atoms with Crippen LogP contribution in [0.4, 0.5) is 5.69 Å². The van der Waals surface area contributed by atoms with E-state index in [-0.39, 0.29) is 18.6 Å². The zero-order valence-electron chi connectivity index (χ0n) is 17.5. The van der Waals surface area contributed by atoms with Crippen LogP contribution in [0, 0.1) is 11.8 Å². The highest BCUT2D eigenvalue weighted by Crippen LogP contribution is 2.20. The Labute approximate surface area is 184 Å². The predicted octanol–water partition coefficient (Wildman–Crippen LogP) is 2.80. The van der Waals surface area contributed by atoms with Crippen LogP contribution in [0.2, 0.25) is 0 Å². The molecule has 0 unspecified atom stereocenters. The van der Waals surface area contributed by atoms with Gasteiger partial charge in [0, 0.05) is 11.8 Å². The van der Waals surface area contributed by atoms with E-state index in [4.69, 9.17) is 4.42 Å². The van der Waals surface area contributed by atoms with Crippen molar-refractivity contribution in [2.75, 3.05) is 19.5 Å². The van der Waals surface area contributed by atoms with Crippen LogP contribution in [-0.2, 0) is 19.1 Å². The average molecular weight is 435 g/mol. The van der Waals surface area contributed by atoms with E-state index in [1.807, 2.05) is 30.3 Å². The quantitative estimate of drug-likeness (QED) is 0.448. The Bertz CT molecular complexity index is 1140. The summed E-state index contributed by atoms with van der Waals surface area (Å²) in [7, 11) is 2.52. The van der Waals surface area contributed by atoms with Crippen LogP contribution < -0.4 is 5.32 Å². The number of methoxy groups -OCH3 is 2. The molecule has 2 heterocycles. The van der Waals surface area contributed by atoms with Crippen LogP contribution in [0.1, 0.15) is 40.8 Å².